The molecule has 1 aromatic heterocycles. The van der Waals surface area contributed by atoms with Crippen LogP contribution in [0.5, 0.6) is 23.0 Å². The third-order valence-electron chi connectivity index (χ3n) is 2.95. The van der Waals surface area contributed by atoms with Crippen LogP contribution in [-0.2, 0) is 0 Å². The summed E-state index contributed by atoms with van der Waals surface area (Å²) in [5, 5.41) is 13.5. The zero-order valence-corrected chi connectivity index (χ0v) is 11.4. The van der Waals surface area contributed by atoms with Crippen molar-refractivity contribution >= 4 is 0 Å². The lowest BCUT2D eigenvalue weighted by atomic mass is 10.3. The molecule has 106 valence electrons. The quantitative estimate of drug-likeness (QED) is 0.797. The number of rotatable bonds is 4. The number of aromatic nitrogens is 2. The Morgan fingerprint density at radius 2 is 1.81 bits per heavy atom. The van der Waals surface area contributed by atoms with E-state index in [1.165, 1.54) is 0 Å². The molecular formula is C16H14N2O3. The molecule has 0 saturated heterocycles. The van der Waals surface area contributed by atoms with Gasteiger partial charge in [-0.2, -0.15) is 5.10 Å². The molecule has 0 bridgehead atoms. The van der Waals surface area contributed by atoms with Crippen LogP contribution in [0.15, 0.2) is 60.9 Å². The smallest absolute Gasteiger partial charge is 0.165 e. The second-order valence-electron chi connectivity index (χ2n) is 4.42. The van der Waals surface area contributed by atoms with Gasteiger partial charge in [0.15, 0.2) is 5.75 Å². The van der Waals surface area contributed by atoms with Crippen LogP contribution in [0.2, 0.25) is 0 Å². The van der Waals surface area contributed by atoms with E-state index in [0.29, 0.717) is 11.5 Å². The van der Waals surface area contributed by atoms with Crippen molar-refractivity contribution in [2.75, 3.05) is 7.11 Å². The Labute approximate surface area is 122 Å². The minimum atomic E-state index is 0.203. The normalized spacial score (nSPS) is 10.3. The molecule has 3 rings (SSSR count). The maximum absolute atomic E-state index is 9.24. The number of ether oxygens (including phenoxy) is 2. The van der Waals surface area contributed by atoms with Crippen molar-refractivity contribution in [1.82, 2.24) is 9.78 Å². The van der Waals surface area contributed by atoms with Crippen molar-refractivity contribution in [1.29, 1.82) is 0 Å². The minimum absolute atomic E-state index is 0.203. The number of phenols is 1. The monoisotopic (exact) mass is 282 g/mol. The summed E-state index contributed by atoms with van der Waals surface area (Å²) in [5.41, 5.74) is 0.884. The fraction of sp³-hybridized carbons (Fsp3) is 0.0625. The summed E-state index contributed by atoms with van der Waals surface area (Å²) < 4.78 is 12.6. The molecule has 3 aromatic rings. The second-order valence-corrected chi connectivity index (χ2v) is 4.42. The highest BCUT2D eigenvalue weighted by Crippen LogP contribution is 2.24. The van der Waals surface area contributed by atoms with E-state index in [2.05, 4.69) is 5.10 Å². The van der Waals surface area contributed by atoms with Crippen molar-refractivity contribution in [3.8, 4) is 28.7 Å². The highest BCUT2D eigenvalue weighted by atomic mass is 16.5. The van der Waals surface area contributed by atoms with Crippen LogP contribution < -0.4 is 9.47 Å². The van der Waals surface area contributed by atoms with Crippen LogP contribution in [0.3, 0.4) is 0 Å². The summed E-state index contributed by atoms with van der Waals surface area (Å²) in [4.78, 5) is 0. The van der Waals surface area contributed by atoms with Crippen LogP contribution in [-0.4, -0.2) is 22.0 Å². The van der Waals surface area contributed by atoms with Crippen molar-refractivity contribution in [2.24, 2.45) is 0 Å². The van der Waals surface area contributed by atoms with Gasteiger partial charge in [-0.3, -0.25) is 0 Å². The Hall–Kier alpha value is -2.95. The van der Waals surface area contributed by atoms with E-state index in [1.54, 1.807) is 48.5 Å². The Morgan fingerprint density at radius 3 is 2.57 bits per heavy atom. The number of nitrogens with zero attached hydrogens (tertiary/aromatic N) is 2. The van der Waals surface area contributed by atoms with Crippen LogP contribution in [0.4, 0.5) is 0 Å². The van der Waals surface area contributed by atoms with Crippen molar-refractivity contribution < 1.29 is 14.6 Å². The standard InChI is InChI=1S/C16H14N2O3/c1-20-15-4-2-3-12(9-15)18-11-16(10-17-18)21-14-7-5-13(19)6-8-14/h2-11,19H,1H3. The van der Waals surface area contributed by atoms with Crippen molar-refractivity contribution in [3.63, 3.8) is 0 Å². The van der Waals surface area contributed by atoms with E-state index in [-0.39, 0.29) is 5.75 Å². The molecule has 0 aliphatic heterocycles. The van der Waals surface area contributed by atoms with E-state index in [1.807, 2.05) is 24.3 Å². The van der Waals surface area contributed by atoms with Crippen LogP contribution in [0.1, 0.15) is 0 Å². The lowest BCUT2D eigenvalue weighted by Crippen LogP contribution is -1.94. The summed E-state index contributed by atoms with van der Waals surface area (Å²) >= 11 is 0. The highest BCUT2D eigenvalue weighted by Gasteiger charge is 2.04. The van der Waals surface area contributed by atoms with Crippen molar-refractivity contribution in [2.45, 2.75) is 0 Å². The van der Waals surface area contributed by atoms with Gasteiger partial charge in [-0.25, -0.2) is 4.68 Å². The average molecular weight is 282 g/mol. The van der Waals surface area contributed by atoms with Crippen LogP contribution >= 0.6 is 0 Å². The van der Waals surface area contributed by atoms with Gasteiger partial charge >= 0.3 is 0 Å². The van der Waals surface area contributed by atoms with Crippen LogP contribution in [0, 0.1) is 0 Å². The third-order valence-corrected chi connectivity index (χ3v) is 2.95. The molecule has 0 fully saturated rings. The van der Waals surface area contributed by atoms with Crippen molar-refractivity contribution in [3.05, 3.63) is 60.9 Å². The van der Waals surface area contributed by atoms with Gasteiger partial charge in [-0.1, -0.05) is 6.07 Å². The SMILES string of the molecule is COc1cccc(-n2cc(Oc3ccc(O)cc3)cn2)c1. The topological polar surface area (TPSA) is 56.5 Å². The Morgan fingerprint density at radius 1 is 1.00 bits per heavy atom. The zero-order valence-electron chi connectivity index (χ0n) is 11.4. The highest BCUT2D eigenvalue weighted by molar-refractivity contribution is 5.40. The van der Waals surface area contributed by atoms with Gasteiger partial charge in [0, 0.05) is 6.07 Å². The molecule has 1 N–H and O–H groups in total. The van der Waals surface area contributed by atoms with Gasteiger partial charge in [0.05, 0.1) is 25.2 Å². The molecule has 1 heterocycles. The molecule has 0 aliphatic carbocycles. The second kappa shape index (κ2) is 5.58. The fourth-order valence-electron chi connectivity index (χ4n) is 1.90. The number of hydrogen-bond donors (Lipinski definition) is 1. The third kappa shape index (κ3) is 2.97. The molecule has 5 heteroatoms. The predicted octanol–water partition coefficient (Wildman–Crippen LogP) is 3.38. The summed E-state index contributed by atoms with van der Waals surface area (Å²) in [5.74, 6) is 2.22. The molecule has 0 amide bonds. The minimum Gasteiger partial charge on any atom is -0.508 e. The van der Waals surface area contributed by atoms with Crippen LogP contribution in [0.25, 0.3) is 5.69 Å². The van der Waals surface area contributed by atoms with Gasteiger partial charge in [0.25, 0.3) is 0 Å². The number of aromatic hydroxyl groups is 1. The lowest BCUT2D eigenvalue weighted by Gasteiger charge is -2.04. The van der Waals surface area contributed by atoms with Gasteiger partial charge in [-0.05, 0) is 36.4 Å². The molecule has 5 nitrogen and oxygen atoms in total. The first-order valence-corrected chi connectivity index (χ1v) is 6.40. The van der Waals surface area contributed by atoms with Gasteiger partial charge < -0.3 is 14.6 Å². The first-order valence-electron chi connectivity index (χ1n) is 6.40. The number of methoxy groups -OCH3 is 1. The predicted molar refractivity (Wildman–Crippen MR) is 78.3 cm³/mol. The number of benzene rings is 2. The molecular weight excluding hydrogens is 268 g/mol. The molecule has 0 radical (unpaired) electrons. The first-order chi connectivity index (χ1) is 10.2. The molecule has 21 heavy (non-hydrogen) atoms. The lowest BCUT2D eigenvalue weighted by molar-refractivity contribution is 0.414. The molecule has 0 spiro atoms. The maximum atomic E-state index is 9.24. The van der Waals surface area contributed by atoms with E-state index < -0.39 is 0 Å². The first kappa shape index (κ1) is 13.1. The fourth-order valence-corrected chi connectivity index (χ4v) is 1.90. The van der Waals surface area contributed by atoms with E-state index in [0.717, 1.165) is 11.4 Å². The van der Waals surface area contributed by atoms with Gasteiger partial charge in [0.2, 0.25) is 0 Å². The van der Waals surface area contributed by atoms with Gasteiger partial charge in [0.1, 0.15) is 17.2 Å². The van der Waals surface area contributed by atoms with E-state index in [9.17, 15) is 5.11 Å². The van der Waals surface area contributed by atoms with E-state index in [4.69, 9.17) is 9.47 Å². The Kier molecular flexibility index (Phi) is 3.47. The summed E-state index contributed by atoms with van der Waals surface area (Å²) in [6.07, 6.45) is 3.41. The Balaban J connectivity index is 1.81. The summed E-state index contributed by atoms with van der Waals surface area (Å²) in [6, 6.07) is 14.1. The number of hydrogen-bond acceptors (Lipinski definition) is 4. The molecule has 0 atom stereocenters. The summed E-state index contributed by atoms with van der Waals surface area (Å²) in [6.45, 7) is 0. The van der Waals surface area contributed by atoms with Gasteiger partial charge in [-0.15, -0.1) is 0 Å². The molecule has 0 unspecified atom stereocenters. The summed E-state index contributed by atoms with van der Waals surface area (Å²) in [7, 11) is 1.63. The maximum Gasteiger partial charge on any atom is 0.165 e. The average Bonchev–Trinajstić information content (AvgIpc) is 2.98. The van der Waals surface area contributed by atoms with E-state index >= 15 is 0 Å². The Bertz CT molecular complexity index is 735. The zero-order chi connectivity index (χ0) is 14.7. The molecule has 0 aliphatic rings. The molecule has 0 saturated carbocycles. The number of phenolic OH excluding ortho intramolecular Hbond substituents is 1. The molecule has 2 aromatic carbocycles. The largest absolute Gasteiger partial charge is 0.508 e.